The summed E-state index contributed by atoms with van der Waals surface area (Å²) in [6, 6.07) is 16.1. The predicted molar refractivity (Wildman–Crippen MR) is 147 cm³/mol. The van der Waals surface area contributed by atoms with Gasteiger partial charge in [-0.2, -0.15) is 0 Å². The van der Waals surface area contributed by atoms with Crippen LogP contribution in [-0.2, 0) is 6.42 Å². The van der Waals surface area contributed by atoms with Gasteiger partial charge < -0.3 is 28.7 Å². The average Bonchev–Trinajstić information content (AvgIpc) is 3.29. The lowest BCUT2D eigenvalue weighted by atomic mass is 9.96. The number of likely N-dealkylation sites (tertiary alicyclic amines) is 1. The number of amides is 1. The van der Waals surface area contributed by atoms with Crippen molar-refractivity contribution in [2.75, 3.05) is 53.2 Å². The summed E-state index contributed by atoms with van der Waals surface area (Å²) in [5.74, 6) is 3.84. The van der Waals surface area contributed by atoms with Crippen LogP contribution in [0.15, 0.2) is 48.5 Å². The molecule has 1 fully saturated rings. The highest BCUT2D eigenvalue weighted by Gasteiger charge is 2.30. The van der Waals surface area contributed by atoms with Crippen molar-refractivity contribution in [3.05, 3.63) is 59.7 Å². The molecular formula is C31H36N2O5. The predicted octanol–water partition coefficient (Wildman–Crippen LogP) is 5.15. The van der Waals surface area contributed by atoms with Gasteiger partial charge in [0.1, 0.15) is 11.5 Å². The molecule has 0 aromatic heterocycles. The van der Waals surface area contributed by atoms with Gasteiger partial charge >= 0.3 is 0 Å². The maximum absolute atomic E-state index is 13.3. The largest absolute Gasteiger partial charge is 0.497 e. The first-order valence-electron chi connectivity index (χ1n) is 13.8. The van der Waals surface area contributed by atoms with Gasteiger partial charge in [-0.3, -0.25) is 4.79 Å². The molecule has 0 aliphatic carbocycles. The molecule has 7 nitrogen and oxygen atoms in total. The number of ether oxygens (including phenoxy) is 4. The third kappa shape index (κ3) is 5.25. The number of carbonyl (C=O) groups excluding carboxylic acids is 1. The highest BCUT2D eigenvalue weighted by Crippen LogP contribution is 2.37. The van der Waals surface area contributed by atoms with Crippen molar-refractivity contribution in [2.24, 2.45) is 5.92 Å². The molecule has 3 aliphatic rings. The van der Waals surface area contributed by atoms with Crippen molar-refractivity contribution in [1.82, 2.24) is 9.80 Å². The lowest BCUT2D eigenvalue weighted by Crippen LogP contribution is -2.43. The molecule has 3 aliphatic heterocycles. The second-order valence-electron chi connectivity index (χ2n) is 10.6. The Kier molecular flexibility index (Phi) is 7.27. The summed E-state index contributed by atoms with van der Waals surface area (Å²) in [5.41, 5.74) is 1.85. The van der Waals surface area contributed by atoms with Crippen LogP contribution in [0.1, 0.15) is 41.6 Å². The molecule has 3 aromatic rings. The van der Waals surface area contributed by atoms with Crippen molar-refractivity contribution in [3.8, 4) is 23.0 Å². The van der Waals surface area contributed by atoms with Crippen LogP contribution in [0.2, 0.25) is 0 Å². The number of hydrogen-bond donors (Lipinski definition) is 0. The Morgan fingerprint density at radius 3 is 2.82 bits per heavy atom. The summed E-state index contributed by atoms with van der Waals surface area (Å²) in [4.78, 5) is 17.9. The highest BCUT2D eigenvalue weighted by molar-refractivity contribution is 5.97. The van der Waals surface area contributed by atoms with Crippen molar-refractivity contribution < 1.29 is 23.7 Å². The Bertz CT molecular complexity index is 1310. The van der Waals surface area contributed by atoms with E-state index >= 15 is 0 Å². The van der Waals surface area contributed by atoms with Crippen LogP contribution in [0.25, 0.3) is 10.8 Å². The fourth-order valence-electron chi connectivity index (χ4n) is 6.03. The van der Waals surface area contributed by atoms with E-state index in [1.54, 1.807) is 7.11 Å². The quantitative estimate of drug-likeness (QED) is 0.386. The van der Waals surface area contributed by atoms with Gasteiger partial charge in [0, 0.05) is 37.1 Å². The number of carbonyl (C=O) groups is 1. The third-order valence-corrected chi connectivity index (χ3v) is 8.02. The van der Waals surface area contributed by atoms with Gasteiger partial charge in [-0.1, -0.05) is 18.6 Å². The van der Waals surface area contributed by atoms with Crippen LogP contribution >= 0.6 is 0 Å². The van der Waals surface area contributed by atoms with Crippen LogP contribution in [-0.4, -0.2) is 68.9 Å². The lowest BCUT2D eigenvalue weighted by Gasteiger charge is -2.33. The molecular weight excluding hydrogens is 480 g/mol. The van der Waals surface area contributed by atoms with E-state index < -0.39 is 0 Å². The van der Waals surface area contributed by atoms with E-state index in [1.165, 1.54) is 19.3 Å². The second kappa shape index (κ2) is 11.1. The normalized spacial score (nSPS) is 19.3. The summed E-state index contributed by atoms with van der Waals surface area (Å²) in [5, 5.41) is 2.23. The van der Waals surface area contributed by atoms with Crippen molar-refractivity contribution in [3.63, 3.8) is 0 Å². The van der Waals surface area contributed by atoms with Gasteiger partial charge in [-0.15, -0.1) is 0 Å². The van der Waals surface area contributed by atoms with Gasteiger partial charge in [-0.05, 0) is 85.5 Å². The molecule has 0 bridgehead atoms. The molecule has 38 heavy (non-hydrogen) atoms. The molecule has 1 amide bonds. The van der Waals surface area contributed by atoms with E-state index in [0.29, 0.717) is 18.3 Å². The fourth-order valence-corrected chi connectivity index (χ4v) is 6.03. The van der Waals surface area contributed by atoms with Crippen LogP contribution in [0.4, 0.5) is 0 Å². The zero-order valence-electron chi connectivity index (χ0n) is 22.1. The van der Waals surface area contributed by atoms with Gasteiger partial charge in [0.05, 0.1) is 13.7 Å². The SMILES string of the molecule is COc1ccc2c(OCCCN3CCCCC(CN4CCc5cc6c(cc5C4=O)OCO6)C3)cccc2c1. The highest BCUT2D eigenvalue weighted by atomic mass is 16.7. The van der Waals surface area contributed by atoms with E-state index in [2.05, 4.69) is 21.9 Å². The molecule has 0 saturated carbocycles. The van der Waals surface area contributed by atoms with Gasteiger partial charge in [-0.25, -0.2) is 0 Å². The van der Waals surface area contributed by atoms with Crippen LogP contribution in [0, 0.1) is 5.92 Å². The number of rotatable bonds is 8. The van der Waals surface area contributed by atoms with Crippen LogP contribution in [0.3, 0.4) is 0 Å². The Labute approximate surface area is 224 Å². The summed E-state index contributed by atoms with van der Waals surface area (Å²) in [6.45, 7) is 5.66. The Morgan fingerprint density at radius 1 is 1.03 bits per heavy atom. The number of nitrogens with zero attached hydrogens (tertiary/aromatic N) is 2. The topological polar surface area (TPSA) is 60.5 Å². The Balaban J connectivity index is 1.02. The second-order valence-corrected chi connectivity index (χ2v) is 10.6. The minimum absolute atomic E-state index is 0.126. The van der Waals surface area contributed by atoms with Crippen molar-refractivity contribution in [2.45, 2.75) is 32.1 Å². The molecule has 3 aromatic carbocycles. The van der Waals surface area contributed by atoms with Crippen LogP contribution < -0.4 is 18.9 Å². The summed E-state index contributed by atoms with van der Waals surface area (Å²) in [7, 11) is 1.69. The first kappa shape index (κ1) is 24.9. The molecule has 0 spiro atoms. The average molecular weight is 517 g/mol. The van der Waals surface area contributed by atoms with E-state index in [1.807, 2.05) is 36.4 Å². The zero-order chi connectivity index (χ0) is 25.9. The van der Waals surface area contributed by atoms with E-state index in [0.717, 1.165) is 84.7 Å². The molecule has 6 rings (SSSR count). The lowest BCUT2D eigenvalue weighted by molar-refractivity contribution is 0.0694. The maximum atomic E-state index is 13.3. The first-order valence-corrected chi connectivity index (χ1v) is 13.8. The molecule has 200 valence electrons. The molecule has 1 atom stereocenters. The van der Waals surface area contributed by atoms with E-state index in [4.69, 9.17) is 18.9 Å². The van der Waals surface area contributed by atoms with E-state index in [-0.39, 0.29) is 12.7 Å². The Hall–Kier alpha value is -3.45. The van der Waals surface area contributed by atoms with Crippen molar-refractivity contribution in [1.29, 1.82) is 0 Å². The summed E-state index contributed by atoms with van der Waals surface area (Å²) < 4.78 is 22.6. The summed E-state index contributed by atoms with van der Waals surface area (Å²) >= 11 is 0. The van der Waals surface area contributed by atoms with Gasteiger partial charge in [0.2, 0.25) is 6.79 Å². The standard InChI is InChI=1S/C31H36N2O5/c1-35-25-9-10-26-23(16-25)7-4-8-28(26)36-15-5-13-32-12-3-2-6-22(19-32)20-33-14-11-24-17-29-30(38-21-37-29)18-27(24)31(33)34/h4,7-10,16-18,22H,2-3,5-6,11-15,19-21H2,1H3. The number of benzene rings is 3. The minimum Gasteiger partial charge on any atom is -0.497 e. The number of methoxy groups -OCH3 is 1. The molecule has 1 saturated heterocycles. The van der Waals surface area contributed by atoms with E-state index in [9.17, 15) is 4.79 Å². The Morgan fingerprint density at radius 2 is 1.92 bits per heavy atom. The van der Waals surface area contributed by atoms with Crippen molar-refractivity contribution >= 4 is 16.7 Å². The molecule has 1 unspecified atom stereocenters. The molecule has 0 N–H and O–H groups in total. The number of hydrogen-bond acceptors (Lipinski definition) is 6. The van der Waals surface area contributed by atoms with Crippen LogP contribution in [0.5, 0.6) is 23.0 Å². The first-order chi connectivity index (χ1) is 18.7. The smallest absolute Gasteiger partial charge is 0.254 e. The molecule has 3 heterocycles. The van der Waals surface area contributed by atoms with Gasteiger partial charge in [0.25, 0.3) is 5.91 Å². The molecule has 0 radical (unpaired) electrons. The van der Waals surface area contributed by atoms with Gasteiger partial charge in [0.15, 0.2) is 11.5 Å². The fraction of sp³-hybridized carbons (Fsp3) is 0.452. The summed E-state index contributed by atoms with van der Waals surface area (Å²) in [6.07, 6.45) is 5.44. The molecule has 7 heteroatoms. The maximum Gasteiger partial charge on any atom is 0.254 e. The minimum atomic E-state index is 0.126. The number of fused-ring (bicyclic) bond motifs is 3. The zero-order valence-corrected chi connectivity index (χ0v) is 22.1. The monoisotopic (exact) mass is 516 g/mol. The third-order valence-electron chi connectivity index (χ3n) is 8.02.